The van der Waals surface area contributed by atoms with Gasteiger partial charge in [-0.1, -0.05) is 28.1 Å². The van der Waals surface area contributed by atoms with E-state index in [4.69, 9.17) is 4.84 Å². The minimum absolute atomic E-state index is 0.0652. The van der Waals surface area contributed by atoms with Gasteiger partial charge < -0.3 is 0 Å². The van der Waals surface area contributed by atoms with Crippen LogP contribution in [0.15, 0.2) is 28.7 Å². The van der Waals surface area contributed by atoms with E-state index in [0.29, 0.717) is 5.92 Å². The van der Waals surface area contributed by atoms with Crippen LogP contribution in [0.25, 0.3) is 0 Å². The van der Waals surface area contributed by atoms with Gasteiger partial charge in [0, 0.05) is 17.4 Å². The van der Waals surface area contributed by atoms with E-state index < -0.39 is 0 Å². The van der Waals surface area contributed by atoms with Gasteiger partial charge in [0.1, 0.15) is 0 Å². The van der Waals surface area contributed by atoms with Crippen molar-refractivity contribution in [3.8, 4) is 0 Å². The lowest BCUT2D eigenvalue weighted by atomic mass is 10.1. The monoisotopic (exact) mass is 283 g/mol. The number of benzene rings is 1. The standard InChI is InChI=1S/C12H14BrNO2/c1-14(16-2)12(15)11-7-10(11)8-3-5-9(13)6-4-8/h3-6,10-11H,7H2,1-2H3/t10-,11+/m0/s1. The van der Waals surface area contributed by atoms with Gasteiger partial charge in [-0.05, 0) is 30.0 Å². The second-order valence-corrected chi connectivity index (χ2v) is 4.93. The number of nitrogens with zero attached hydrogens (tertiary/aromatic N) is 1. The number of hydrogen-bond donors (Lipinski definition) is 0. The topological polar surface area (TPSA) is 29.5 Å². The fourth-order valence-corrected chi connectivity index (χ4v) is 2.13. The smallest absolute Gasteiger partial charge is 0.249 e. The molecule has 0 spiro atoms. The van der Waals surface area contributed by atoms with E-state index in [2.05, 4.69) is 28.1 Å². The van der Waals surface area contributed by atoms with Crippen molar-refractivity contribution in [2.75, 3.05) is 14.2 Å². The summed E-state index contributed by atoms with van der Waals surface area (Å²) < 4.78 is 1.06. The molecular weight excluding hydrogens is 270 g/mol. The summed E-state index contributed by atoms with van der Waals surface area (Å²) in [6.45, 7) is 0. The van der Waals surface area contributed by atoms with Crippen LogP contribution in [0.2, 0.25) is 0 Å². The van der Waals surface area contributed by atoms with Gasteiger partial charge >= 0.3 is 0 Å². The Bertz CT molecular complexity index is 391. The fourth-order valence-electron chi connectivity index (χ4n) is 1.87. The summed E-state index contributed by atoms with van der Waals surface area (Å²) in [6, 6.07) is 8.15. The van der Waals surface area contributed by atoms with Crippen molar-refractivity contribution in [3.63, 3.8) is 0 Å². The minimum atomic E-state index is 0.0652. The summed E-state index contributed by atoms with van der Waals surface area (Å²) in [5, 5.41) is 1.31. The number of hydrogen-bond acceptors (Lipinski definition) is 2. The average molecular weight is 284 g/mol. The highest BCUT2D eigenvalue weighted by Crippen LogP contribution is 2.48. The Morgan fingerprint density at radius 1 is 1.44 bits per heavy atom. The minimum Gasteiger partial charge on any atom is -0.275 e. The summed E-state index contributed by atoms with van der Waals surface area (Å²) in [5.74, 6) is 0.514. The van der Waals surface area contributed by atoms with Gasteiger partial charge in [-0.2, -0.15) is 0 Å². The Kier molecular flexibility index (Phi) is 3.30. The largest absolute Gasteiger partial charge is 0.275 e. The third-order valence-electron chi connectivity index (χ3n) is 2.99. The van der Waals surface area contributed by atoms with Crippen LogP contribution in [0.5, 0.6) is 0 Å². The summed E-state index contributed by atoms with van der Waals surface area (Å²) in [5.41, 5.74) is 1.23. The van der Waals surface area contributed by atoms with Crippen molar-refractivity contribution in [1.29, 1.82) is 0 Å². The van der Waals surface area contributed by atoms with Crippen molar-refractivity contribution in [3.05, 3.63) is 34.3 Å². The normalized spacial score (nSPS) is 22.9. The SMILES string of the molecule is CON(C)C(=O)[C@@H]1C[C@H]1c1ccc(Br)cc1. The van der Waals surface area contributed by atoms with Gasteiger partial charge in [-0.3, -0.25) is 9.63 Å². The van der Waals surface area contributed by atoms with E-state index >= 15 is 0 Å². The average Bonchev–Trinajstić information content (AvgIpc) is 3.08. The maximum Gasteiger partial charge on any atom is 0.249 e. The van der Waals surface area contributed by atoms with Crippen molar-refractivity contribution < 1.29 is 9.63 Å². The third kappa shape index (κ3) is 2.28. The lowest BCUT2D eigenvalue weighted by Crippen LogP contribution is -2.27. The second-order valence-electron chi connectivity index (χ2n) is 4.02. The third-order valence-corrected chi connectivity index (χ3v) is 3.52. The maximum atomic E-state index is 11.8. The van der Waals surface area contributed by atoms with Crippen LogP contribution in [0.3, 0.4) is 0 Å². The van der Waals surface area contributed by atoms with Crippen LogP contribution in [0, 0.1) is 5.92 Å². The second kappa shape index (κ2) is 4.55. The lowest BCUT2D eigenvalue weighted by molar-refractivity contribution is -0.170. The van der Waals surface area contributed by atoms with Gasteiger partial charge in [0.05, 0.1) is 7.11 Å². The molecule has 0 saturated heterocycles. The molecular formula is C12H14BrNO2. The zero-order valence-corrected chi connectivity index (χ0v) is 10.9. The van der Waals surface area contributed by atoms with Crippen molar-refractivity contribution >= 4 is 21.8 Å². The van der Waals surface area contributed by atoms with Gasteiger partial charge in [-0.15, -0.1) is 0 Å². The quantitative estimate of drug-likeness (QED) is 0.798. The Labute approximate surface area is 103 Å². The summed E-state index contributed by atoms with van der Waals surface area (Å²) in [4.78, 5) is 16.7. The maximum absolute atomic E-state index is 11.8. The predicted octanol–water partition coefficient (Wildman–Crippen LogP) is 2.57. The van der Waals surface area contributed by atoms with Crippen LogP contribution < -0.4 is 0 Å². The molecule has 0 unspecified atom stereocenters. The van der Waals surface area contributed by atoms with Crippen LogP contribution in [-0.4, -0.2) is 25.1 Å². The molecule has 0 bridgehead atoms. The fraction of sp³-hybridized carbons (Fsp3) is 0.417. The van der Waals surface area contributed by atoms with Crippen LogP contribution in [0.4, 0.5) is 0 Å². The molecule has 1 fully saturated rings. The molecule has 0 N–H and O–H groups in total. The molecule has 4 heteroatoms. The number of halogens is 1. The van der Waals surface area contributed by atoms with Gasteiger partial charge in [0.15, 0.2) is 0 Å². The lowest BCUT2D eigenvalue weighted by Gasteiger charge is -2.13. The molecule has 0 aromatic heterocycles. The Hall–Kier alpha value is -0.870. The number of hydroxylamine groups is 2. The summed E-state index contributed by atoms with van der Waals surface area (Å²) >= 11 is 3.40. The molecule has 1 saturated carbocycles. The molecule has 86 valence electrons. The van der Waals surface area contributed by atoms with Crippen molar-refractivity contribution in [2.45, 2.75) is 12.3 Å². The molecule has 2 atom stereocenters. The Morgan fingerprint density at radius 2 is 2.06 bits per heavy atom. The molecule has 1 aliphatic carbocycles. The molecule has 1 aromatic carbocycles. The Balaban J connectivity index is 2.01. The van der Waals surface area contributed by atoms with Crippen LogP contribution >= 0.6 is 15.9 Å². The van der Waals surface area contributed by atoms with Gasteiger partial charge in [0.25, 0.3) is 0 Å². The van der Waals surface area contributed by atoms with E-state index in [1.807, 2.05) is 12.1 Å². The summed E-state index contributed by atoms with van der Waals surface area (Å²) in [6.07, 6.45) is 0.925. The van der Waals surface area contributed by atoms with E-state index in [0.717, 1.165) is 10.9 Å². The highest BCUT2D eigenvalue weighted by molar-refractivity contribution is 9.10. The zero-order chi connectivity index (χ0) is 11.7. The van der Waals surface area contributed by atoms with E-state index in [1.54, 1.807) is 7.05 Å². The van der Waals surface area contributed by atoms with Crippen molar-refractivity contribution in [2.24, 2.45) is 5.92 Å². The van der Waals surface area contributed by atoms with E-state index in [1.165, 1.54) is 17.7 Å². The molecule has 0 aliphatic heterocycles. The summed E-state index contributed by atoms with van der Waals surface area (Å²) in [7, 11) is 3.16. The Morgan fingerprint density at radius 3 is 2.62 bits per heavy atom. The van der Waals surface area contributed by atoms with E-state index in [-0.39, 0.29) is 11.8 Å². The molecule has 0 heterocycles. The van der Waals surface area contributed by atoms with E-state index in [9.17, 15) is 4.79 Å². The number of amides is 1. The predicted molar refractivity (Wildman–Crippen MR) is 64.8 cm³/mol. The molecule has 2 rings (SSSR count). The first-order valence-corrected chi connectivity index (χ1v) is 6.00. The van der Waals surface area contributed by atoms with Gasteiger partial charge in [0.2, 0.25) is 5.91 Å². The molecule has 3 nitrogen and oxygen atoms in total. The van der Waals surface area contributed by atoms with Crippen LogP contribution in [0.1, 0.15) is 17.9 Å². The first-order valence-electron chi connectivity index (χ1n) is 5.20. The molecule has 1 aliphatic rings. The van der Waals surface area contributed by atoms with Crippen molar-refractivity contribution in [1.82, 2.24) is 5.06 Å². The van der Waals surface area contributed by atoms with Gasteiger partial charge in [-0.25, -0.2) is 5.06 Å². The molecule has 0 radical (unpaired) electrons. The zero-order valence-electron chi connectivity index (χ0n) is 9.31. The highest BCUT2D eigenvalue weighted by Gasteiger charge is 2.45. The first-order chi connectivity index (χ1) is 7.63. The highest BCUT2D eigenvalue weighted by atomic mass is 79.9. The van der Waals surface area contributed by atoms with Crippen LogP contribution in [-0.2, 0) is 9.63 Å². The molecule has 16 heavy (non-hydrogen) atoms. The molecule has 1 amide bonds. The first kappa shape index (κ1) is 11.6. The number of carbonyl (C=O) groups is 1. The number of rotatable bonds is 3. The molecule has 1 aromatic rings. The number of carbonyl (C=O) groups excluding carboxylic acids is 1.